The van der Waals surface area contributed by atoms with Gasteiger partial charge in [-0.3, -0.25) is 0 Å². The molecular formula is C9H10OS. The molecule has 0 amide bonds. The summed E-state index contributed by atoms with van der Waals surface area (Å²) in [7, 11) is 0. The molecule has 1 nitrogen and oxygen atoms in total. The number of hydrogen-bond donors (Lipinski definition) is 1. The lowest BCUT2D eigenvalue weighted by molar-refractivity contribution is 0.0825. The predicted octanol–water partition coefficient (Wildman–Crippen LogP) is 1.96. The molecule has 0 fully saturated rings. The van der Waals surface area contributed by atoms with Crippen molar-refractivity contribution in [3.05, 3.63) is 21.9 Å². The molecule has 0 aromatic carbocycles. The van der Waals surface area contributed by atoms with Crippen LogP contribution in [0.1, 0.15) is 23.6 Å². The van der Waals surface area contributed by atoms with Crippen molar-refractivity contribution in [3.63, 3.8) is 0 Å². The van der Waals surface area contributed by atoms with Gasteiger partial charge in [0.1, 0.15) is 0 Å². The second-order valence-electron chi connectivity index (χ2n) is 2.87. The molecule has 1 aromatic rings. The van der Waals surface area contributed by atoms with E-state index in [1.165, 1.54) is 11.3 Å². The fraction of sp³-hybridized carbons (Fsp3) is 0.333. The number of hydrogen-bond acceptors (Lipinski definition) is 2. The molecule has 0 saturated heterocycles. The van der Waals surface area contributed by atoms with E-state index in [1.807, 2.05) is 12.1 Å². The molecule has 1 heterocycles. The molecule has 0 aliphatic heterocycles. The first-order valence-electron chi connectivity index (χ1n) is 3.33. The second-order valence-corrected chi connectivity index (χ2v) is 3.95. The zero-order valence-electron chi connectivity index (χ0n) is 6.59. The van der Waals surface area contributed by atoms with Crippen molar-refractivity contribution >= 4 is 11.3 Å². The average Bonchev–Trinajstić information content (AvgIpc) is 2.32. The van der Waals surface area contributed by atoms with Gasteiger partial charge in [-0.1, -0.05) is 5.92 Å². The van der Waals surface area contributed by atoms with Crippen molar-refractivity contribution in [2.24, 2.45) is 0 Å². The first kappa shape index (κ1) is 8.32. The summed E-state index contributed by atoms with van der Waals surface area (Å²) in [6, 6.07) is 3.71. The van der Waals surface area contributed by atoms with Crippen LogP contribution in [0.2, 0.25) is 0 Å². The fourth-order valence-corrected chi connectivity index (χ4v) is 1.56. The molecular weight excluding hydrogens is 156 g/mol. The predicted molar refractivity (Wildman–Crippen MR) is 47.5 cm³/mol. The lowest BCUT2D eigenvalue weighted by atomic mass is 10.1. The third-order valence-corrected chi connectivity index (χ3v) is 2.68. The number of thiophene rings is 1. The van der Waals surface area contributed by atoms with Gasteiger partial charge in [0.15, 0.2) is 0 Å². The topological polar surface area (TPSA) is 20.2 Å². The molecule has 0 atom stereocenters. The van der Waals surface area contributed by atoms with E-state index >= 15 is 0 Å². The quantitative estimate of drug-likeness (QED) is 0.632. The molecule has 0 saturated carbocycles. The van der Waals surface area contributed by atoms with Crippen molar-refractivity contribution in [3.8, 4) is 12.3 Å². The van der Waals surface area contributed by atoms with Gasteiger partial charge in [0.25, 0.3) is 0 Å². The zero-order valence-corrected chi connectivity index (χ0v) is 7.40. The van der Waals surface area contributed by atoms with Crippen LogP contribution in [0.3, 0.4) is 0 Å². The maximum absolute atomic E-state index is 9.54. The first-order valence-corrected chi connectivity index (χ1v) is 4.15. The Bertz CT molecular complexity index is 285. The molecule has 0 radical (unpaired) electrons. The van der Waals surface area contributed by atoms with Crippen LogP contribution in [0.15, 0.2) is 12.1 Å². The molecule has 0 bridgehead atoms. The summed E-state index contributed by atoms with van der Waals surface area (Å²) < 4.78 is 0. The molecule has 0 unspecified atom stereocenters. The maximum atomic E-state index is 9.54. The minimum atomic E-state index is -0.764. The van der Waals surface area contributed by atoms with Crippen LogP contribution in [0, 0.1) is 12.3 Å². The summed E-state index contributed by atoms with van der Waals surface area (Å²) in [6.45, 7) is 3.50. The van der Waals surface area contributed by atoms with Gasteiger partial charge in [-0.2, -0.15) is 0 Å². The van der Waals surface area contributed by atoms with E-state index in [9.17, 15) is 5.11 Å². The Morgan fingerprint density at radius 2 is 2.18 bits per heavy atom. The van der Waals surface area contributed by atoms with E-state index in [1.54, 1.807) is 13.8 Å². The highest BCUT2D eigenvalue weighted by Crippen LogP contribution is 2.26. The Hall–Kier alpha value is -0.780. The Morgan fingerprint density at radius 1 is 1.55 bits per heavy atom. The Morgan fingerprint density at radius 3 is 2.45 bits per heavy atom. The summed E-state index contributed by atoms with van der Waals surface area (Å²) in [6.07, 6.45) is 5.19. The first-order chi connectivity index (χ1) is 5.04. The van der Waals surface area contributed by atoms with Crippen molar-refractivity contribution < 1.29 is 5.11 Å². The third-order valence-electron chi connectivity index (χ3n) is 1.35. The molecule has 0 aliphatic carbocycles. The lowest BCUT2D eigenvalue weighted by Crippen LogP contribution is -2.12. The van der Waals surface area contributed by atoms with Gasteiger partial charge < -0.3 is 5.11 Å². The summed E-state index contributed by atoms with van der Waals surface area (Å²) in [5, 5.41) is 9.54. The summed E-state index contributed by atoms with van der Waals surface area (Å²) in [4.78, 5) is 1.77. The second kappa shape index (κ2) is 2.69. The van der Waals surface area contributed by atoms with E-state index < -0.39 is 5.60 Å². The highest BCUT2D eigenvalue weighted by atomic mass is 32.1. The van der Waals surface area contributed by atoms with E-state index in [4.69, 9.17) is 6.42 Å². The van der Waals surface area contributed by atoms with Crippen LogP contribution in [-0.4, -0.2) is 5.11 Å². The molecule has 58 valence electrons. The monoisotopic (exact) mass is 166 g/mol. The molecule has 0 spiro atoms. The number of aliphatic hydroxyl groups is 1. The lowest BCUT2D eigenvalue weighted by Gasteiger charge is -2.13. The third kappa shape index (κ3) is 1.83. The SMILES string of the molecule is C#Cc1ccc(C(C)(C)O)s1. The van der Waals surface area contributed by atoms with Gasteiger partial charge in [0, 0.05) is 4.88 Å². The minimum absolute atomic E-state index is 0.764. The zero-order chi connectivity index (χ0) is 8.48. The molecule has 0 aliphatic rings. The normalized spacial score (nSPS) is 11.1. The summed E-state index contributed by atoms with van der Waals surface area (Å²) in [5.74, 6) is 2.53. The molecule has 11 heavy (non-hydrogen) atoms. The van der Waals surface area contributed by atoms with Crippen LogP contribution >= 0.6 is 11.3 Å². The van der Waals surface area contributed by atoms with Crippen molar-refractivity contribution in [2.75, 3.05) is 0 Å². The van der Waals surface area contributed by atoms with E-state index in [-0.39, 0.29) is 0 Å². The van der Waals surface area contributed by atoms with Crippen LogP contribution in [-0.2, 0) is 5.60 Å². The van der Waals surface area contributed by atoms with Crippen LogP contribution in [0.5, 0.6) is 0 Å². The molecule has 1 rings (SSSR count). The summed E-state index contributed by atoms with van der Waals surface area (Å²) >= 11 is 1.45. The smallest absolute Gasteiger partial charge is 0.0932 e. The van der Waals surface area contributed by atoms with E-state index in [0.717, 1.165) is 9.75 Å². The number of terminal acetylenes is 1. The highest BCUT2D eigenvalue weighted by molar-refractivity contribution is 7.12. The van der Waals surface area contributed by atoms with E-state index in [2.05, 4.69) is 5.92 Å². The van der Waals surface area contributed by atoms with Gasteiger partial charge >= 0.3 is 0 Å². The van der Waals surface area contributed by atoms with Gasteiger partial charge in [-0.25, -0.2) is 0 Å². The van der Waals surface area contributed by atoms with E-state index in [0.29, 0.717) is 0 Å². The Balaban J connectivity index is 3.01. The average molecular weight is 166 g/mol. The van der Waals surface area contributed by atoms with Crippen molar-refractivity contribution in [1.82, 2.24) is 0 Å². The number of rotatable bonds is 1. The van der Waals surface area contributed by atoms with Gasteiger partial charge in [0.05, 0.1) is 10.5 Å². The van der Waals surface area contributed by atoms with Gasteiger partial charge in [0.2, 0.25) is 0 Å². The molecule has 1 aromatic heterocycles. The molecule has 1 N–H and O–H groups in total. The van der Waals surface area contributed by atoms with Crippen LogP contribution in [0.25, 0.3) is 0 Å². The van der Waals surface area contributed by atoms with Gasteiger partial charge in [-0.05, 0) is 26.0 Å². The van der Waals surface area contributed by atoms with Crippen LogP contribution < -0.4 is 0 Å². The van der Waals surface area contributed by atoms with Crippen molar-refractivity contribution in [1.29, 1.82) is 0 Å². The minimum Gasteiger partial charge on any atom is -0.385 e. The Labute approximate surface area is 70.7 Å². The van der Waals surface area contributed by atoms with Crippen molar-refractivity contribution in [2.45, 2.75) is 19.4 Å². The standard InChI is InChI=1S/C9H10OS/c1-4-7-5-6-8(11-7)9(2,3)10/h1,5-6,10H,2-3H3. The summed E-state index contributed by atoms with van der Waals surface area (Å²) in [5.41, 5.74) is -0.764. The maximum Gasteiger partial charge on any atom is 0.0932 e. The van der Waals surface area contributed by atoms with Gasteiger partial charge in [-0.15, -0.1) is 17.8 Å². The highest BCUT2D eigenvalue weighted by Gasteiger charge is 2.17. The van der Waals surface area contributed by atoms with Crippen LogP contribution in [0.4, 0.5) is 0 Å². The largest absolute Gasteiger partial charge is 0.385 e. The fourth-order valence-electron chi connectivity index (χ4n) is 0.744. The molecule has 2 heteroatoms. The Kier molecular flexibility index (Phi) is 2.03.